The zero-order valence-electron chi connectivity index (χ0n) is 15.5. The van der Waals surface area contributed by atoms with Gasteiger partial charge in [0.05, 0.1) is 30.8 Å². The molecule has 28 heavy (non-hydrogen) atoms. The van der Waals surface area contributed by atoms with Crippen molar-refractivity contribution in [3.8, 4) is 11.5 Å². The van der Waals surface area contributed by atoms with Gasteiger partial charge >= 0.3 is 0 Å². The summed E-state index contributed by atoms with van der Waals surface area (Å²) in [6.45, 7) is 1.97. The van der Waals surface area contributed by atoms with Crippen molar-refractivity contribution < 1.29 is 29.1 Å². The maximum Gasteiger partial charge on any atom is 0.261 e. The number of amides is 3. The van der Waals surface area contributed by atoms with Crippen molar-refractivity contribution in [3.63, 3.8) is 0 Å². The number of ether oxygens (including phenoxy) is 2. The van der Waals surface area contributed by atoms with E-state index in [1.807, 2.05) is 6.92 Å². The third-order valence-corrected chi connectivity index (χ3v) is 4.56. The Labute approximate surface area is 161 Å². The van der Waals surface area contributed by atoms with Crippen LogP contribution in [0.15, 0.2) is 42.5 Å². The lowest BCUT2D eigenvalue weighted by atomic mass is 9.97. The summed E-state index contributed by atoms with van der Waals surface area (Å²) in [6, 6.07) is 11.3. The molecule has 2 N–H and O–H groups in total. The zero-order chi connectivity index (χ0) is 20.3. The second-order valence-corrected chi connectivity index (χ2v) is 6.14. The summed E-state index contributed by atoms with van der Waals surface area (Å²) < 4.78 is 10.8. The first-order valence-electron chi connectivity index (χ1n) is 8.71. The molecule has 1 atom stereocenters. The third kappa shape index (κ3) is 3.41. The predicted molar refractivity (Wildman–Crippen MR) is 98.6 cm³/mol. The van der Waals surface area contributed by atoms with Crippen LogP contribution in [-0.2, 0) is 4.79 Å². The lowest BCUT2D eigenvalue weighted by Gasteiger charge is -2.22. The summed E-state index contributed by atoms with van der Waals surface area (Å²) in [5.41, 5.74) is 2.66. The van der Waals surface area contributed by atoms with Gasteiger partial charge in [-0.2, -0.15) is 0 Å². The Balaban J connectivity index is 1.95. The number of carbonyl (C=O) groups is 3. The van der Waals surface area contributed by atoms with Crippen molar-refractivity contribution in [1.82, 2.24) is 10.4 Å². The van der Waals surface area contributed by atoms with Gasteiger partial charge in [0.2, 0.25) is 0 Å². The Morgan fingerprint density at radius 3 is 2.29 bits per heavy atom. The van der Waals surface area contributed by atoms with Gasteiger partial charge in [-0.1, -0.05) is 18.2 Å². The summed E-state index contributed by atoms with van der Waals surface area (Å²) in [5.74, 6) is -1.79. The molecular formula is C20H20N2O6. The molecule has 2 aromatic rings. The quantitative estimate of drug-likeness (QED) is 0.430. The van der Waals surface area contributed by atoms with Crippen LogP contribution in [0.4, 0.5) is 0 Å². The molecule has 3 amide bonds. The first kappa shape index (κ1) is 19.4. The third-order valence-electron chi connectivity index (χ3n) is 4.56. The van der Waals surface area contributed by atoms with Crippen molar-refractivity contribution in [2.45, 2.75) is 12.8 Å². The molecule has 3 rings (SSSR count). The number of rotatable bonds is 7. The molecule has 1 aliphatic heterocycles. The van der Waals surface area contributed by atoms with Gasteiger partial charge in [0.1, 0.15) is 0 Å². The number of nitrogens with zero attached hydrogens (tertiary/aromatic N) is 1. The molecule has 1 unspecified atom stereocenters. The highest BCUT2D eigenvalue weighted by Crippen LogP contribution is 2.33. The highest BCUT2D eigenvalue weighted by molar-refractivity contribution is 6.21. The van der Waals surface area contributed by atoms with Crippen LogP contribution in [0, 0.1) is 0 Å². The molecule has 0 saturated carbocycles. The minimum absolute atomic E-state index is 0.226. The van der Waals surface area contributed by atoms with Crippen molar-refractivity contribution in [3.05, 3.63) is 59.2 Å². The van der Waals surface area contributed by atoms with E-state index >= 15 is 0 Å². The molecule has 0 fully saturated rings. The lowest BCUT2D eigenvalue weighted by molar-refractivity contribution is -0.130. The van der Waals surface area contributed by atoms with Crippen LogP contribution in [0.3, 0.4) is 0 Å². The molecule has 8 heteroatoms. The first-order chi connectivity index (χ1) is 13.5. The van der Waals surface area contributed by atoms with Crippen LogP contribution in [0.1, 0.15) is 39.1 Å². The van der Waals surface area contributed by atoms with E-state index in [4.69, 9.17) is 9.47 Å². The normalized spacial score (nSPS) is 13.9. The number of benzene rings is 2. The van der Waals surface area contributed by atoms with Crippen LogP contribution < -0.4 is 15.0 Å². The van der Waals surface area contributed by atoms with Gasteiger partial charge in [-0.3, -0.25) is 24.5 Å². The number of hydroxylamine groups is 1. The minimum Gasteiger partial charge on any atom is -0.493 e. The monoisotopic (exact) mass is 384 g/mol. The number of hydrogen-bond acceptors (Lipinski definition) is 6. The fourth-order valence-electron chi connectivity index (χ4n) is 3.18. The molecule has 0 aliphatic carbocycles. The molecule has 0 saturated heterocycles. The summed E-state index contributed by atoms with van der Waals surface area (Å²) in [6.07, 6.45) is 0. The maximum atomic E-state index is 12.6. The van der Waals surface area contributed by atoms with Crippen molar-refractivity contribution in [2.24, 2.45) is 0 Å². The number of nitrogens with one attached hydrogen (secondary N) is 1. The molecule has 0 spiro atoms. The Hall–Kier alpha value is -3.39. The van der Waals surface area contributed by atoms with Crippen molar-refractivity contribution in [1.29, 1.82) is 0 Å². The number of carbonyl (C=O) groups excluding carboxylic acids is 3. The van der Waals surface area contributed by atoms with E-state index in [0.717, 1.165) is 4.90 Å². The van der Waals surface area contributed by atoms with E-state index in [1.54, 1.807) is 47.9 Å². The van der Waals surface area contributed by atoms with Crippen molar-refractivity contribution in [2.75, 3.05) is 20.3 Å². The van der Waals surface area contributed by atoms with Gasteiger partial charge in [0.25, 0.3) is 17.7 Å². The number of imide groups is 1. The Kier molecular flexibility index (Phi) is 5.60. The van der Waals surface area contributed by atoms with Crippen LogP contribution >= 0.6 is 0 Å². The fraction of sp³-hybridized carbons (Fsp3) is 0.250. The van der Waals surface area contributed by atoms with Gasteiger partial charge in [-0.05, 0) is 36.8 Å². The predicted octanol–water partition coefficient (Wildman–Crippen LogP) is 1.98. The SMILES string of the molecule is CCOc1cc(C(CN2C(=O)c3ccccc3C2=O)C(=O)NO)ccc1OC. The molecule has 1 aliphatic rings. The second-order valence-electron chi connectivity index (χ2n) is 6.14. The smallest absolute Gasteiger partial charge is 0.261 e. The topological polar surface area (TPSA) is 105 Å². The number of methoxy groups -OCH3 is 1. The average Bonchev–Trinajstić information content (AvgIpc) is 2.96. The van der Waals surface area contributed by atoms with E-state index < -0.39 is 23.6 Å². The van der Waals surface area contributed by atoms with E-state index in [-0.39, 0.29) is 6.54 Å². The fourth-order valence-corrected chi connectivity index (χ4v) is 3.18. The first-order valence-corrected chi connectivity index (χ1v) is 8.71. The largest absolute Gasteiger partial charge is 0.493 e. The molecule has 0 aromatic heterocycles. The van der Waals surface area contributed by atoms with E-state index in [0.29, 0.717) is 34.8 Å². The Morgan fingerprint density at radius 1 is 1.11 bits per heavy atom. The Bertz CT molecular complexity index is 892. The highest BCUT2D eigenvalue weighted by Gasteiger charge is 2.38. The molecular weight excluding hydrogens is 364 g/mol. The van der Waals surface area contributed by atoms with Crippen LogP contribution in [-0.4, -0.2) is 48.1 Å². The molecule has 1 heterocycles. The maximum absolute atomic E-state index is 12.6. The molecule has 2 aromatic carbocycles. The van der Waals surface area contributed by atoms with Crippen LogP contribution in [0.2, 0.25) is 0 Å². The molecule has 8 nitrogen and oxygen atoms in total. The molecule has 146 valence electrons. The average molecular weight is 384 g/mol. The highest BCUT2D eigenvalue weighted by atomic mass is 16.5. The minimum atomic E-state index is -0.989. The van der Waals surface area contributed by atoms with E-state index in [9.17, 15) is 19.6 Å². The summed E-state index contributed by atoms with van der Waals surface area (Å²) >= 11 is 0. The van der Waals surface area contributed by atoms with E-state index in [1.165, 1.54) is 7.11 Å². The summed E-state index contributed by atoms with van der Waals surface area (Å²) in [4.78, 5) is 38.6. The summed E-state index contributed by atoms with van der Waals surface area (Å²) in [5, 5.41) is 9.18. The number of fused-ring (bicyclic) bond motifs is 1. The van der Waals surface area contributed by atoms with Crippen LogP contribution in [0.5, 0.6) is 11.5 Å². The van der Waals surface area contributed by atoms with Gasteiger partial charge in [0.15, 0.2) is 11.5 Å². The number of hydrogen-bond donors (Lipinski definition) is 2. The zero-order valence-corrected chi connectivity index (χ0v) is 15.5. The van der Waals surface area contributed by atoms with Crippen molar-refractivity contribution >= 4 is 17.7 Å². The van der Waals surface area contributed by atoms with Gasteiger partial charge in [-0.15, -0.1) is 0 Å². The lowest BCUT2D eigenvalue weighted by Crippen LogP contribution is -2.39. The van der Waals surface area contributed by atoms with Crippen LogP contribution in [0.25, 0.3) is 0 Å². The van der Waals surface area contributed by atoms with Gasteiger partial charge in [0, 0.05) is 6.54 Å². The Morgan fingerprint density at radius 2 is 1.75 bits per heavy atom. The second kappa shape index (κ2) is 8.10. The summed E-state index contributed by atoms with van der Waals surface area (Å²) in [7, 11) is 1.49. The van der Waals surface area contributed by atoms with Gasteiger partial charge < -0.3 is 9.47 Å². The molecule has 0 bridgehead atoms. The molecule has 0 radical (unpaired) electrons. The standard InChI is InChI=1S/C20H20N2O6/c1-3-28-17-10-12(8-9-16(17)27-2)15(18(23)21-26)11-22-19(24)13-6-4-5-7-14(13)20(22)25/h4-10,15,26H,3,11H2,1-2H3,(H,21,23). The van der Waals surface area contributed by atoms with Gasteiger partial charge in [-0.25, -0.2) is 5.48 Å². The van der Waals surface area contributed by atoms with E-state index in [2.05, 4.69) is 0 Å².